The van der Waals surface area contributed by atoms with Crippen molar-refractivity contribution in [3.8, 4) is 11.5 Å². The number of benzene rings is 1. The zero-order valence-corrected chi connectivity index (χ0v) is 24.8. The molecule has 0 unspecified atom stereocenters. The fraction of sp³-hybridized carbons (Fsp3) is 0.818. The van der Waals surface area contributed by atoms with Crippen molar-refractivity contribution in [2.45, 2.75) is 157 Å². The molecule has 2 atom stereocenters. The highest BCUT2D eigenvalue weighted by Crippen LogP contribution is 2.45. The molecule has 35 heavy (non-hydrogen) atoms. The largest absolute Gasteiger partial charge is 0.493 e. The zero-order chi connectivity index (χ0) is 25.8. The molecule has 2 heteroatoms. The molecule has 0 radical (unpaired) electrons. The van der Waals surface area contributed by atoms with E-state index in [1.54, 1.807) is 0 Å². The van der Waals surface area contributed by atoms with Gasteiger partial charge in [0.25, 0.3) is 0 Å². The molecule has 0 aromatic heterocycles. The lowest BCUT2D eigenvalue weighted by atomic mass is 9.84. The average molecular weight is 487 g/mol. The number of ether oxygens (including phenoxy) is 2. The Balaban J connectivity index is 1.80. The van der Waals surface area contributed by atoms with Crippen LogP contribution in [-0.4, -0.2) is 12.2 Å². The maximum absolute atomic E-state index is 6.79. The van der Waals surface area contributed by atoms with E-state index in [1.165, 1.54) is 99.3 Å². The van der Waals surface area contributed by atoms with Gasteiger partial charge in [0.2, 0.25) is 0 Å². The molecular weight excluding hydrogens is 428 g/mol. The van der Waals surface area contributed by atoms with E-state index in [-0.39, 0.29) is 5.60 Å². The minimum atomic E-state index is -0.0315. The van der Waals surface area contributed by atoms with Gasteiger partial charge < -0.3 is 9.47 Å². The highest BCUT2D eigenvalue weighted by molar-refractivity contribution is 5.59. The molecule has 0 spiro atoms. The number of fused-ring (bicyclic) bond motifs is 1. The summed E-state index contributed by atoms with van der Waals surface area (Å²) in [5.41, 5.74) is 5.21. The Bertz CT molecular complexity index is 750. The molecule has 2 nitrogen and oxygen atoms in total. The minimum absolute atomic E-state index is 0.0315. The molecule has 0 saturated carbocycles. The van der Waals surface area contributed by atoms with Crippen LogP contribution in [0.2, 0.25) is 0 Å². The predicted octanol–water partition coefficient (Wildman–Crippen LogP) is 10.5. The van der Waals surface area contributed by atoms with E-state index in [4.69, 9.17) is 9.47 Å². The first kappa shape index (κ1) is 30.0. The average Bonchev–Trinajstić information content (AvgIpc) is 2.81. The molecule has 1 aliphatic heterocycles. The van der Waals surface area contributed by atoms with Gasteiger partial charge in [-0.3, -0.25) is 0 Å². The van der Waals surface area contributed by atoms with Crippen LogP contribution in [0, 0.1) is 32.6 Å². The van der Waals surface area contributed by atoms with Crippen molar-refractivity contribution >= 4 is 0 Å². The van der Waals surface area contributed by atoms with Crippen molar-refractivity contribution < 1.29 is 9.47 Å². The van der Waals surface area contributed by atoms with Gasteiger partial charge in [0, 0.05) is 5.56 Å². The number of unbranched alkanes of at least 4 members (excludes halogenated alkanes) is 6. The third-order valence-corrected chi connectivity index (χ3v) is 8.44. The van der Waals surface area contributed by atoms with E-state index >= 15 is 0 Å². The molecule has 1 aromatic carbocycles. The summed E-state index contributed by atoms with van der Waals surface area (Å²) in [6.45, 7) is 19.2. The predicted molar refractivity (Wildman–Crippen MR) is 153 cm³/mol. The molecule has 2 rings (SSSR count). The summed E-state index contributed by atoms with van der Waals surface area (Å²) >= 11 is 0. The molecule has 1 aliphatic rings. The van der Waals surface area contributed by atoms with E-state index in [9.17, 15) is 0 Å². The standard InChI is InChI=1S/C33H58O2/c1-9-10-16-24-34-31-27(5)28(6)32-30(29(31)7)21-23-33(8,35-32)22-17-20-26(4)19-15-13-11-12-14-18-25(2)3/h25-26H,9-24H2,1-8H3/t26-,33-/m1/s1. The van der Waals surface area contributed by atoms with E-state index in [1.807, 2.05) is 0 Å². The van der Waals surface area contributed by atoms with E-state index in [0.717, 1.165) is 49.2 Å². The monoisotopic (exact) mass is 486 g/mol. The Hall–Kier alpha value is -1.18. The summed E-state index contributed by atoms with van der Waals surface area (Å²) in [5, 5.41) is 0. The van der Waals surface area contributed by atoms with Crippen LogP contribution in [0.1, 0.15) is 147 Å². The molecule has 0 fully saturated rings. The fourth-order valence-electron chi connectivity index (χ4n) is 5.74. The molecule has 0 aliphatic carbocycles. The lowest BCUT2D eigenvalue weighted by molar-refractivity contribution is 0.0511. The van der Waals surface area contributed by atoms with Gasteiger partial charge in [-0.2, -0.15) is 0 Å². The van der Waals surface area contributed by atoms with Crippen molar-refractivity contribution in [1.82, 2.24) is 0 Å². The first-order valence-corrected chi connectivity index (χ1v) is 15.1. The van der Waals surface area contributed by atoms with Crippen LogP contribution in [0.15, 0.2) is 0 Å². The van der Waals surface area contributed by atoms with Crippen LogP contribution in [0.5, 0.6) is 11.5 Å². The first-order chi connectivity index (χ1) is 16.7. The maximum Gasteiger partial charge on any atom is 0.127 e. The number of hydrogen-bond donors (Lipinski definition) is 0. The van der Waals surface area contributed by atoms with Crippen LogP contribution in [0.25, 0.3) is 0 Å². The van der Waals surface area contributed by atoms with Gasteiger partial charge in [-0.15, -0.1) is 0 Å². The van der Waals surface area contributed by atoms with Crippen molar-refractivity contribution in [1.29, 1.82) is 0 Å². The first-order valence-electron chi connectivity index (χ1n) is 15.1. The van der Waals surface area contributed by atoms with Crippen LogP contribution in [0.3, 0.4) is 0 Å². The summed E-state index contributed by atoms with van der Waals surface area (Å²) in [6.07, 6.45) is 19.5. The molecule has 0 saturated heterocycles. The normalized spacial score (nSPS) is 18.4. The lowest BCUT2D eigenvalue weighted by Gasteiger charge is -2.38. The fourth-order valence-corrected chi connectivity index (χ4v) is 5.74. The lowest BCUT2D eigenvalue weighted by Crippen LogP contribution is -2.37. The van der Waals surface area contributed by atoms with Crippen LogP contribution >= 0.6 is 0 Å². The van der Waals surface area contributed by atoms with Gasteiger partial charge in [-0.05, 0) is 88.3 Å². The highest BCUT2D eigenvalue weighted by Gasteiger charge is 2.34. The van der Waals surface area contributed by atoms with Crippen molar-refractivity contribution in [3.63, 3.8) is 0 Å². The quantitative estimate of drug-likeness (QED) is 0.204. The van der Waals surface area contributed by atoms with Gasteiger partial charge in [-0.25, -0.2) is 0 Å². The molecular formula is C33H58O2. The van der Waals surface area contributed by atoms with Gasteiger partial charge >= 0.3 is 0 Å². The topological polar surface area (TPSA) is 18.5 Å². The Morgan fingerprint density at radius 2 is 1.46 bits per heavy atom. The van der Waals surface area contributed by atoms with Crippen molar-refractivity contribution in [2.75, 3.05) is 6.61 Å². The highest BCUT2D eigenvalue weighted by atomic mass is 16.5. The maximum atomic E-state index is 6.79. The Kier molecular flexibility index (Phi) is 13.0. The number of rotatable bonds is 17. The van der Waals surface area contributed by atoms with Crippen molar-refractivity contribution in [3.05, 3.63) is 22.3 Å². The Morgan fingerprint density at radius 3 is 2.14 bits per heavy atom. The van der Waals surface area contributed by atoms with Crippen LogP contribution in [0.4, 0.5) is 0 Å². The summed E-state index contributed by atoms with van der Waals surface area (Å²) in [4.78, 5) is 0. The minimum Gasteiger partial charge on any atom is -0.493 e. The van der Waals surface area contributed by atoms with Gasteiger partial charge in [0.1, 0.15) is 17.1 Å². The molecule has 1 aromatic rings. The third kappa shape index (κ3) is 9.66. The molecule has 202 valence electrons. The van der Waals surface area contributed by atoms with E-state index in [2.05, 4.69) is 55.4 Å². The summed E-state index contributed by atoms with van der Waals surface area (Å²) in [5.74, 6) is 3.96. The molecule has 0 bridgehead atoms. The summed E-state index contributed by atoms with van der Waals surface area (Å²) in [7, 11) is 0. The van der Waals surface area contributed by atoms with Crippen LogP contribution < -0.4 is 9.47 Å². The van der Waals surface area contributed by atoms with Gasteiger partial charge in [-0.1, -0.05) is 91.9 Å². The SMILES string of the molecule is CCCCCOc1c(C)c(C)c2c(c1C)CC[C@@](C)(CCC[C@H](C)CCCCCCCC(C)C)O2. The molecule has 1 heterocycles. The van der Waals surface area contributed by atoms with Crippen LogP contribution in [-0.2, 0) is 6.42 Å². The smallest absolute Gasteiger partial charge is 0.127 e. The summed E-state index contributed by atoms with van der Waals surface area (Å²) < 4.78 is 13.1. The molecule has 0 amide bonds. The van der Waals surface area contributed by atoms with E-state index < -0.39 is 0 Å². The Morgan fingerprint density at radius 1 is 0.800 bits per heavy atom. The Labute approximate surface area is 219 Å². The van der Waals surface area contributed by atoms with Crippen molar-refractivity contribution in [2.24, 2.45) is 11.8 Å². The van der Waals surface area contributed by atoms with E-state index in [0.29, 0.717) is 0 Å². The second-order valence-electron chi connectivity index (χ2n) is 12.4. The third-order valence-electron chi connectivity index (χ3n) is 8.44. The molecule has 0 N–H and O–H groups in total. The number of hydrogen-bond acceptors (Lipinski definition) is 2. The second-order valence-corrected chi connectivity index (χ2v) is 12.4. The van der Waals surface area contributed by atoms with Gasteiger partial charge in [0.15, 0.2) is 0 Å². The second kappa shape index (κ2) is 15.2. The zero-order valence-electron chi connectivity index (χ0n) is 24.8. The van der Waals surface area contributed by atoms with Gasteiger partial charge in [0.05, 0.1) is 6.61 Å². The summed E-state index contributed by atoms with van der Waals surface area (Å²) in [6, 6.07) is 0.